The van der Waals surface area contributed by atoms with Crippen molar-refractivity contribution in [3.63, 3.8) is 0 Å². The number of rotatable bonds is 0. The number of hydrogen-bond donors (Lipinski definition) is 2. The molecule has 0 fully saturated rings. The Labute approximate surface area is 68.5 Å². The summed E-state index contributed by atoms with van der Waals surface area (Å²) < 4.78 is 0. The Morgan fingerprint density at radius 1 is 1.17 bits per heavy atom. The molecule has 5 nitrogen and oxygen atoms in total. The topological polar surface area (TPSA) is 74.8 Å². The number of aromatic nitrogens is 2. The smallest absolute Gasteiger partial charge is 0.250 e. The van der Waals surface area contributed by atoms with Gasteiger partial charge in [0.25, 0.3) is 11.8 Å². The van der Waals surface area contributed by atoms with Crippen LogP contribution in [0.4, 0.5) is 0 Å². The number of H-pyrrole nitrogens is 1. The summed E-state index contributed by atoms with van der Waals surface area (Å²) in [5.74, 6) is -0.657. The minimum Gasteiger partial charge on any atom is -0.289 e. The molecule has 0 aromatic carbocycles. The van der Waals surface area contributed by atoms with E-state index in [1.807, 2.05) is 11.4 Å². The molecule has 5 heteroatoms. The van der Waals surface area contributed by atoms with Crippen molar-refractivity contribution in [2.75, 3.05) is 0 Å². The van der Waals surface area contributed by atoms with Crippen LogP contribution in [0.2, 0.25) is 0 Å². The molecule has 2 amide bonds. The highest BCUT2D eigenvalue weighted by atomic mass is 16.2. The van der Waals surface area contributed by atoms with Crippen LogP contribution >= 0.6 is 0 Å². The number of nitrogens with zero attached hydrogens (tertiary/aromatic N) is 1. The van der Waals surface area contributed by atoms with Crippen LogP contribution in [0.25, 0.3) is 0 Å². The summed E-state index contributed by atoms with van der Waals surface area (Å²) >= 11 is 0. The molecule has 0 saturated carbocycles. The summed E-state index contributed by atoms with van der Waals surface area (Å²) in [5, 5.41) is 8.24. The Kier molecular flexibility index (Phi) is 2.78. The average molecular weight is 165 g/mol. The molecule has 62 valence electrons. The van der Waals surface area contributed by atoms with Crippen LogP contribution in [0.3, 0.4) is 0 Å². The monoisotopic (exact) mass is 165 g/mol. The van der Waals surface area contributed by atoms with E-state index in [0.717, 1.165) is 0 Å². The van der Waals surface area contributed by atoms with Crippen LogP contribution in [-0.4, -0.2) is 22.0 Å². The van der Waals surface area contributed by atoms with Gasteiger partial charge < -0.3 is 0 Å². The zero-order valence-corrected chi connectivity index (χ0v) is 6.15. The molecule has 2 rings (SSSR count). The molecule has 1 aromatic rings. The van der Waals surface area contributed by atoms with Crippen molar-refractivity contribution in [2.45, 2.75) is 0 Å². The zero-order chi connectivity index (χ0) is 8.81. The molecule has 0 saturated heterocycles. The van der Waals surface area contributed by atoms with E-state index in [0.29, 0.717) is 0 Å². The van der Waals surface area contributed by atoms with Crippen molar-refractivity contribution < 1.29 is 9.59 Å². The molecule has 0 radical (unpaired) electrons. The van der Waals surface area contributed by atoms with Gasteiger partial charge in [-0.25, -0.2) is 0 Å². The first kappa shape index (κ1) is 8.19. The number of imide groups is 1. The molecule has 0 aliphatic carbocycles. The minimum absolute atomic E-state index is 0.329. The molecule has 1 aromatic heterocycles. The van der Waals surface area contributed by atoms with Gasteiger partial charge in [-0.1, -0.05) is 0 Å². The Balaban J connectivity index is 0.000000127. The summed E-state index contributed by atoms with van der Waals surface area (Å²) in [7, 11) is 0. The summed E-state index contributed by atoms with van der Waals surface area (Å²) in [5.41, 5.74) is 0. The van der Waals surface area contributed by atoms with Crippen LogP contribution in [0.15, 0.2) is 30.6 Å². The van der Waals surface area contributed by atoms with Gasteiger partial charge in [0.15, 0.2) is 0 Å². The number of nitrogens with one attached hydrogen (secondary N) is 2. The molecule has 0 atom stereocenters. The maximum Gasteiger partial charge on any atom is 0.250 e. The summed E-state index contributed by atoms with van der Waals surface area (Å²) in [6.45, 7) is 0. The van der Waals surface area contributed by atoms with E-state index in [1.54, 1.807) is 12.4 Å². The van der Waals surface area contributed by atoms with Gasteiger partial charge in [-0.05, 0) is 6.07 Å². The molecular weight excluding hydrogens is 158 g/mol. The highest BCUT2D eigenvalue weighted by molar-refractivity contribution is 6.12. The number of hydrogen-bond acceptors (Lipinski definition) is 3. The van der Waals surface area contributed by atoms with Gasteiger partial charge in [0.2, 0.25) is 0 Å². The van der Waals surface area contributed by atoms with Crippen molar-refractivity contribution in [3.8, 4) is 0 Å². The maximum atomic E-state index is 10.0. The van der Waals surface area contributed by atoms with Crippen molar-refractivity contribution in [1.82, 2.24) is 15.5 Å². The van der Waals surface area contributed by atoms with Crippen molar-refractivity contribution >= 4 is 11.8 Å². The van der Waals surface area contributed by atoms with Gasteiger partial charge in [0.05, 0.1) is 0 Å². The molecule has 0 spiro atoms. The van der Waals surface area contributed by atoms with Crippen LogP contribution < -0.4 is 5.32 Å². The van der Waals surface area contributed by atoms with Crippen molar-refractivity contribution in [3.05, 3.63) is 30.6 Å². The van der Waals surface area contributed by atoms with E-state index in [9.17, 15) is 9.59 Å². The lowest BCUT2D eigenvalue weighted by Gasteiger charge is -1.80. The normalized spacial score (nSPS) is 13.7. The predicted molar refractivity (Wildman–Crippen MR) is 40.9 cm³/mol. The third kappa shape index (κ3) is 2.78. The first-order valence-electron chi connectivity index (χ1n) is 3.26. The van der Waals surface area contributed by atoms with E-state index in [2.05, 4.69) is 10.2 Å². The lowest BCUT2D eigenvalue weighted by atomic mass is 10.6. The average Bonchev–Trinajstić information content (AvgIpc) is 2.63. The van der Waals surface area contributed by atoms with Crippen LogP contribution in [-0.2, 0) is 9.59 Å². The first-order chi connectivity index (χ1) is 5.79. The second-order valence-electron chi connectivity index (χ2n) is 1.95. The highest BCUT2D eigenvalue weighted by Crippen LogP contribution is 1.82. The van der Waals surface area contributed by atoms with Crippen LogP contribution in [0.1, 0.15) is 0 Å². The third-order valence-corrected chi connectivity index (χ3v) is 1.04. The quantitative estimate of drug-likeness (QED) is 0.514. The van der Waals surface area contributed by atoms with Crippen LogP contribution in [0.5, 0.6) is 0 Å². The third-order valence-electron chi connectivity index (χ3n) is 1.04. The fourth-order valence-electron chi connectivity index (χ4n) is 0.571. The van der Waals surface area contributed by atoms with E-state index in [4.69, 9.17) is 0 Å². The lowest BCUT2D eigenvalue weighted by Crippen LogP contribution is -2.19. The van der Waals surface area contributed by atoms with Gasteiger partial charge in [0, 0.05) is 24.5 Å². The minimum atomic E-state index is -0.329. The van der Waals surface area contributed by atoms with E-state index in [-0.39, 0.29) is 11.8 Å². The maximum absolute atomic E-state index is 10.0. The Morgan fingerprint density at radius 2 is 1.83 bits per heavy atom. The zero-order valence-electron chi connectivity index (χ0n) is 6.15. The van der Waals surface area contributed by atoms with Crippen molar-refractivity contribution in [2.24, 2.45) is 0 Å². The van der Waals surface area contributed by atoms with E-state index < -0.39 is 0 Å². The summed E-state index contributed by atoms with van der Waals surface area (Å²) in [4.78, 5) is 20.1. The number of aromatic amines is 1. The highest BCUT2D eigenvalue weighted by Gasteiger charge is 2.06. The van der Waals surface area contributed by atoms with Gasteiger partial charge in [-0.3, -0.25) is 20.0 Å². The predicted octanol–water partition coefficient (Wildman–Crippen LogP) is -0.391. The van der Waals surface area contributed by atoms with Gasteiger partial charge in [-0.15, -0.1) is 0 Å². The van der Waals surface area contributed by atoms with Crippen LogP contribution in [0, 0.1) is 0 Å². The summed E-state index contributed by atoms with van der Waals surface area (Å²) in [6.07, 6.45) is 5.85. The SMILES string of the molecule is O=C1C=CC(=O)N1.c1cn[nH]c1. The Morgan fingerprint density at radius 3 is 2.00 bits per heavy atom. The second kappa shape index (κ2) is 4.07. The number of carbonyl (C=O) groups excluding carboxylic acids is 2. The standard InChI is InChI=1S/C4H3NO2.C3H4N2/c6-3-1-2-4(7)5-3;1-2-4-5-3-1/h1-2H,(H,5,6,7);1-3H,(H,4,5). The second-order valence-corrected chi connectivity index (χ2v) is 1.95. The van der Waals surface area contributed by atoms with Gasteiger partial charge in [-0.2, -0.15) is 5.10 Å². The fraction of sp³-hybridized carbons (Fsp3) is 0. The van der Waals surface area contributed by atoms with E-state index in [1.165, 1.54) is 12.2 Å². The lowest BCUT2D eigenvalue weighted by molar-refractivity contribution is -0.123. The molecule has 0 unspecified atom stereocenters. The van der Waals surface area contributed by atoms with Gasteiger partial charge in [0.1, 0.15) is 0 Å². The Bertz CT molecular complexity index is 256. The van der Waals surface area contributed by atoms with E-state index >= 15 is 0 Å². The summed E-state index contributed by atoms with van der Waals surface area (Å²) in [6, 6.07) is 1.83. The Hall–Kier alpha value is -1.91. The molecule has 2 heterocycles. The molecule has 0 bridgehead atoms. The number of carbonyl (C=O) groups is 2. The molecule has 12 heavy (non-hydrogen) atoms. The number of amides is 2. The molecule has 1 aliphatic heterocycles. The first-order valence-corrected chi connectivity index (χ1v) is 3.26. The molecule has 1 aliphatic rings. The fourth-order valence-corrected chi connectivity index (χ4v) is 0.571. The molecular formula is C7H7N3O2. The largest absolute Gasteiger partial charge is 0.289 e. The molecule has 2 N–H and O–H groups in total. The van der Waals surface area contributed by atoms with Crippen molar-refractivity contribution in [1.29, 1.82) is 0 Å². The van der Waals surface area contributed by atoms with Gasteiger partial charge >= 0.3 is 0 Å².